The summed E-state index contributed by atoms with van der Waals surface area (Å²) in [4.78, 5) is 3.27. The van der Waals surface area contributed by atoms with Crippen LogP contribution < -0.4 is 5.73 Å². The van der Waals surface area contributed by atoms with Crippen molar-refractivity contribution in [3.05, 3.63) is 36.0 Å². The van der Waals surface area contributed by atoms with Gasteiger partial charge in [0.05, 0.1) is 0 Å². The molecule has 84 valence electrons. The highest BCUT2D eigenvalue weighted by atomic mass is 14.8. The molecule has 0 unspecified atom stereocenters. The van der Waals surface area contributed by atoms with Gasteiger partial charge in [-0.3, -0.25) is 0 Å². The highest BCUT2D eigenvalue weighted by Crippen LogP contribution is 2.56. The van der Waals surface area contributed by atoms with Crippen molar-refractivity contribution in [2.75, 3.05) is 0 Å². The van der Waals surface area contributed by atoms with E-state index in [9.17, 15) is 0 Å². The highest BCUT2D eigenvalue weighted by molar-refractivity contribution is 5.84. The van der Waals surface area contributed by atoms with E-state index < -0.39 is 0 Å². The number of aromatic nitrogens is 1. The lowest BCUT2D eigenvalue weighted by Gasteiger charge is -2.31. The van der Waals surface area contributed by atoms with Crippen LogP contribution in [0.2, 0.25) is 0 Å². The fourth-order valence-electron chi connectivity index (χ4n) is 2.89. The van der Waals surface area contributed by atoms with Gasteiger partial charge >= 0.3 is 0 Å². The number of H-pyrrole nitrogens is 1. The van der Waals surface area contributed by atoms with E-state index in [4.69, 9.17) is 5.73 Å². The SMILES string of the molecule is CC(C)(N)C1(c2cccc3[nH]ccc23)CC1. The minimum atomic E-state index is -0.140. The molecule has 2 aromatic rings. The van der Waals surface area contributed by atoms with Gasteiger partial charge in [0, 0.05) is 28.1 Å². The van der Waals surface area contributed by atoms with Crippen molar-refractivity contribution in [2.24, 2.45) is 5.73 Å². The van der Waals surface area contributed by atoms with Crippen LogP contribution in [0.25, 0.3) is 10.9 Å². The Morgan fingerprint density at radius 1 is 1.25 bits per heavy atom. The van der Waals surface area contributed by atoms with Crippen molar-refractivity contribution < 1.29 is 0 Å². The van der Waals surface area contributed by atoms with Crippen molar-refractivity contribution >= 4 is 10.9 Å². The molecule has 0 spiro atoms. The standard InChI is InChI=1S/C14H18N2/c1-13(2,15)14(7-8-14)11-4-3-5-12-10(11)6-9-16-12/h3-6,9,16H,7-8,15H2,1-2H3. The molecule has 0 saturated heterocycles. The normalized spacial score (nSPS) is 18.9. The summed E-state index contributed by atoms with van der Waals surface area (Å²) in [7, 11) is 0. The lowest BCUT2D eigenvalue weighted by molar-refractivity contribution is 0.394. The first-order chi connectivity index (χ1) is 7.55. The number of aromatic amines is 1. The second-order valence-corrected chi connectivity index (χ2v) is 5.55. The van der Waals surface area contributed by atoms with Gasteiger partial charge in [-0.15, -0.1) is 0 Å². The van der Waals surface area contributed by atoms with Crippen molar-refractivity contribution in [1.82, 2.24) is 4.98 Å². The van der Waals surface area contributed by atoms with Crippen molar-refractivity contribution in [1.29, 1.82) is 0 Å². The Balaban J connectivity index is 2.23. The van der Waals surface area contributed by atoms with E-state index in [1.54, 1.807) is 0 Å². The van der Waals surface area contributed by atoms with Gasteiger partial charge in [-0.25, -0.2) is 0 Å². The van der Waals surface area contributed by atoms with Crippen LogP contribution in [0.1, 0.15) is 32.3 Å². The van der Waals surface area contributed by atoms with E-state index in [1.807, 2.05) is 6.20 Å². The van der Waals surface area contributed by atoms with Crippen LogP contribution in [0.4, 0.5) is 0 Å². The zero-order valence-electron chi connectivity index (χ0n) is 9.88. The molecule has 1 heterocycles. The van der Waals surface area contributed by atoms with Gasteiger partial charge in [0.15, 0.2) is 0 Å². The maximum Gasteiger partial charge on any atom is 0.0456 e. The van der Waals surface area contributed by atoms with Gasteiger partial charge in [-0.1, -0.05) is 12.1 Å². The molecule has 0 radical (unpaired) electrons. The maximum absolute atomic E-state index is 6.36. The smallest absolute Gasteiger partial charge is 0.0456 e. The molecule has 1 aromatic heterocycles. The molecule has 2 nitrogen and oxygen atoms in total. The number of nitrogens with two attached hydrogens (primary N) is 1. The van der Waals surface area contributed by atoms with Gasteiger partial charge in [0.2, 0.25) is 0 Å². The number of fused-ring (bicyclic) bond motifs is 1. The van der Waals surface area contributed by atoms with Crippen LogP contribution in [-0.4, -0.2) is 10.5 Å². The Bertz CT molecular complexity index is 527. The molecule has 1 aliphatic carbocycles. The van der Waals surface area contributed by atoms with Gasteiger partial charge in [-0.2, -0.15) is 0 Å². The number of rotatable bonds is 2. The zero-order valence-corrected chi connectivity index (χ0v) is 9.88. The van der Waals surface area contributed by atoms with E-state index in [0.29, 0.717) is 0 Å². The minimum Gasteiger partial charge on any atom is -0.361 e. The number of nitrogens with one attached hydrogen (secondary N) is 1. The third-order valence-electron chi connectivity index (χ3n) is 4.09. The third kappa shape index (κ3) is 1.17. The van der Waals surface area contributed by atoms with Gasteiger partial charge in [-0.05, 0) is 44.4 Å². The molecule has 16 heavy (non-hydrogen) atoms. The number of hydrogen-bond acceptors (Lipinski definition) is 1. The fourth-order valence-corrected chi connectivity index (χ4v) is 2.89. The quantitative estimate of drug-likeness (QED) is 0.793. The summed E-state index contributed by atoms with van der Waals surface area (Å²) >= 11 is 0. The Kier molecular flexibility index (Phi) is 1.79. The second-order valence-electron chi connectivity index (χ2n) is 5.55. The van der Waals surface area contributed by atoms with Crippen LogP contribution >= 0.6 is 0 Å². The van der Waals surface area contributed by atoms with Crippen molar-refractivity contribution in [2.45, 2.75) is 37.6 Å². The second kappa shape index (κ2) is 2.89. The van der Waals surface area contributed by atoms with Crippen LogP contribution in [0.15, 0.2) is 30.5 Å². The Labute approximate surface area is 95.8 Å². The van der Waals surface area contributed by atoms with E-state index >= 15 is 0 Å². The van der Waals surface area contributed by atoms with Crippen molar-refractivity contribution in [3.8, 4) is 0 Å². The molecular weight excluding hydrogens is 196 g/mol. The highest BCUT2D eigenvalue weighted by Gasteiger charge is 2.54. The van der Waals surface area contributed by atoms with Crippen LogP contribution in [0, 0.1) is 0 Å². The summed E-state index contributed by atoms with van der Waals surface area (Å²) in [5.74, 6) is 0. The average molecular weight is 214 g/mol. The van der Waals surface area contributed by atoms with E-state index in [-0.39, 0.29) is 11.0 Å². The largest absolute Gasteiger partial charge is 0.361 e. The predicted molar refractivity (Wildman–Crippen MR) is 67.5 cm³/mol. The molecule has 1 aliphatic rings. The van der Waals surface area contributed by atoms with Crippen LogP contribution in [-0.2, 0) is 5.41 Å². The number of hydrogen-bond donors (Lipinski definition) is 2. The summed E-state index contributed by atoms with van der Waals surface area (Å²) < 4.78 is 0. The first-order valence-corrected chi connectivity index (χ1v) is 5.90. The molecule has 1 aromatic carbocycles. The Morgan fingerprint density at radius 3 is 2.62 bits per heavy atom. The van der Waals surface area contributed by atoms with Crippen LogP contribution in [0.3, 0.4) is 0 Å². The molecule has 0 bridgehead atoms. The molecule has 1 saturated carbocycles. The first kappa shape index (κ1) is 9.91. The van der Waals surface area contributed by atoms with E-state index in [2.05, 4.69) is 43.1 Å². The minimum absolute atomic E-state index is 0.140. The molecular formula is C14H18N2. The molecule has 0 amide bonds. The number of benzene rings is 1. The predicted octanol–water partition coefficient (Wildman–Crippen LogP) is 2.94. The molecule has 0 aliphatic heterocycles. The monoisotopic (exact) mass is 214 g/mol. The van der Waals surface area contributed by atoms with Crippen molar-refractivity contribution in [3.63, 3.8) is 0 Å². The average Bonchev–Trinajstić information content (AvgIpc) is 2.89. The summed E-state index contributed by atoms with van der Waals surface area (Å²) in [6, 6.07) is 8.65. The van der Waals surface area contributed by atoms with Crippen LogP contribution in [0.5, 0.6) is 0 Å². The maximum atomic E-state index is 6.36. The molecule has 1 fully saturated rings. The van der Waals surface area contributed by atoms with Gasteiger partial charge in [0.25, 0.3) is 0 Å². The third-order valence-corrected chi connectivity index (χ3v) is 4.09. The molecule has 3 rings (SSSR count). The summed E-state index contributed by atoms with van der Waals surface area (Å²) in [6.07, 6.45) is 4.43. The summed E-state index contributed by atoms with van der Waals surface area (Å²) in [5.41, 5.74) is 9.04. The van der Waals surface area contributed by atoms with E-state index in [1.165, 1.54) is 29.3 Å². The Hall–Kier alpha value is -1.28. The lowest BCUT2D eigenvalue weighted by atomic mass is 9.78. The Morgan fingerprint density at radius 2 is 2.00 bits per heavy atom. The molecule has 2 heteroatoms. The molecule has 0 atom stereocenters. The molecule has 3 N–H and O–H groups in total. The van der Waals surface area contributed by atoms with Gasteiger partial charge in [0.1, 0.15) is 0 Å². The summed E-state index contributed by atoms with van der Waals surface area (Å²) in [6.45, 7) is 4.29. The topological polar surface area (TPSA) is 41.8 Å². The van der Waals surface area contributed by atoms with Gasteiger partial charge < -0.3 is 10.7 Å². The first-order valence-electron chi connectivity index (χ1n) is 5.90. The lowest BCUT2D eigenvalue weighted by Crippen LogP contribution is -2.45. The fraction of sp³-hybridized carbons (Fsp3) is 0.429. The van der Waals surface area contributed by atoms with E-state index in [0.717, 1.165) is 0 Å². The zero-order chi connectivity index (χ0) is 11.4. The summed E-state index contributed by atoms with van der Waals surface area (Å²) in [5, 5.41) is 1.33.